The summed E-state index contributed by atoms with van der Waals surface area (Å²) in [4.78, 5) is 23.7. The van der Waals surface area contributed by atoms with E-state index >= 15 is 0 Å². The van der Waals surface area contributed by atoms with E-state index in [4.69, 9.17) is 9.47 Å². The number of amides is 1. The predicted octanol–water partition coefficient (Wildman–Crippen LogP) is 3.99. The first-order valence-corrected chi connectivity index (χ1v) is 8.08. The highest BCUT2D eigenvalue weighted by molar-refractivity contribution is 9.10. The Morgan fingerprint density at radius 2 is 1.92 bits per heavy atom. The number of carbonyl (C=O) groups excluding carboxylic acids is 2. The number of hydrogen-bond donors (Lipinski definition) is 1. The molecule has 0 fully saturated rings. The second-order valence-corrected chi connectivity index (χ2v) is 6.07. The average Bonchev–Trinajstić information content (AvgIpc) is 2.56. The fraction of sp³-hybridized carbons (Fsp3) is 0.222. The van der Waals surface area contributed by atoms with Gasteiger partial charge < -0.3 is 14.8 Å². The third-order valence-electron chi connectivity index (χ3n) is 3.37. The lowest BCUT2D eigenvalue weighted by Gasteiger charge is -2.12. The number of benzene rings is 2. The molecule has 0 spiro atoms. The quantitative estimate of drug-likeness (QED) is 0.756. The van der Waals surface area contributed by atoms with Crippen LogP contribution in [0.1, 0.15) is 22.8 Å². The number of aryl methyl sites for hydroxylation is 1. The van der Waals surface area contributed by atoms with Crippen molar-refractivity contribution in [2.24, 2.45) is 0 Å². The SMILES string of the molecule is COc1ccc(C(C)=O)c(OCC(=O)Nc2ccc(Br)c(C)c2)c1. The Balaban J connectivity index is 2.05. The van der Waals surface area contributed by atoms with Crippen molar-refractivity contribution >= 4 is 33.3 Å². The minimum atomic E-state index is -0.311. The largest absolute Gasteiger partial charge is 0.497 e. The van der Waals surface area contributed by atoms with Crippen molar-refractivity contribution < 1.29 is 19.1 Å². The lowest BCUT2D eigenvalue weighted by Crippen LogP contribution is -2.20. The summed E-state index contributed by atoms with van der Waals surface area (Å²) < 4.78 is 11.6. The Kier molecular flexibility index (Phi) is 5.98. The molecule has 126 valence electrons. The van der Waals surface area contributed by atoms with E-state index in [2.05, 4.69) is 21.2 Å². The maximum Gasteiger partial charge on any atom is 0.262 e. The van der Waals surface area contributed by atoms with Gasteiger partial charge in [-0.2, -0.15) is 0 Å². The minimum absolute atomic E-state index is 0.142. The normalized spacial score (nSPS) is 10.2. The Labute approximate surface area is 149 Å². The molecule has 1 N–H and O–H groups in total. The lowest BCUT2D eigenvalue weighted by molar-refractivity contribution is -0.118. The molecule has 0 unspecified atom stereocenters. The third kappa shape index (κ3) is 4.58. The number of nitrogens with one attached hydrogen (secondary N) is 1. The Hall–Kier alpha value is -2.34. The molecule has 0 atom stereocenters. The lowest BCUT2D eigenvalue weighted by atomic mass is 10.1. The molecule has 0 saturated carbocycles. The van der Waals surface area contributed by atoms with Crippen LogP contribution in [-0.2, 0) is 4.79 Å². The maximum absolute atomic E-state index is 12.1. The second-order valence-electron chi connectivity index (χ2n) is 5.22. The molecule has 1 amide bonds. The Bertz CT molecular complexity index is 774. The maximum atomic E-state index is 12.1. The van der Waals surface area contributed by atoms with Crippen LogP contribution in [0.25, 0.3) is 0 Å². The van der Waals surface area contributed by atoms with Gasteiger partial charge in [-0.1, -0.05) is 15.9 Å². The van der Waals surface area contributed by atoms with Gasteiger partial charge in [0.1, 0.15) is 11.5 Å². The molecule has 0 aliphatic carbocycles. The number of anilines is 1. The van der Waals surface area contributed by atoms with E-state index in [1.54, 1.807) is 24.3 Å². The number of ketones is 1. The van der Waals surface area contributed by atoms with Gasteiger partial charge in [-0.05, 0) is 49.7 Å². The van der Waals surface area contributed by atoms with Crippen LogP contribution in [0.2, 0.25) is 0 Å². The van der Waals surface area contributed by atoms with E-state index in [-0.39, 0.29) is 18.3 Å². The first-order chi connectivity index (χ1) is 11.4. The van der Waals surface area contributed by atoms with Crippen LogP contribution < -0.4 is 14.8 Å². The summed E-state index contributed by atoms with van der Waals surface area (Å²) in [7, 11) is 1.52. The van der Waals surface area contributed by atoms with E-state index in [1.165, 1.54) is 14.0 Å². The number of Topliss-reactive ketones (excluding diaryl/α,β-unsaturated/α-hetero) is 1. The summed E-state index contributed by atoms with van der Waals surface area (Å²) in [6.07, 6.45) is 0. The zero-order valence-corrected chi connectivity index (χ0v) is 15.3. The van der Waals surface area contributed by atoms with Crippen molar-refractivity contribution in [3.63, 3.8) is 0 Å². The van der Waals surface area contributed by atoms with Crippen LogP contribution in [0.3, 0.4) is 0 Å². The standard InChI is InChI=1S/C18H18BrNO4/c1-11-8-13(4-7-16(11)19)20-18(22)10-24-17-9-14(23-3)5-6-15(17)12(2)21/h4-9H,10H2,1-3H3,(H,20,22). The van der Waals surface area contributed by atoms with Gasteiger partial charge in [0.25, 0.3) is 5.91 Å². The van der Waals surface area contributed by atoms with Crippen molar-refractivity contribution in [2.75, 3.05) is 19.0 Å². The minimum Gasteiger partial charge on any atom is -0.497 e. The van der Waals surface area contributed by atoms with Crippen molar-refractivity contribution in [3.05, 3.63) is 52.0 Å². The second kappa shape index (κ2) is 7.97. The van der Waals surface area contributed by atoms with E-state index in [0.717, 1.165) is 10.0 Å². The smallest absolute Gasteiger partial charge is 0.262 e. The van der Waals surface area contributed by atoms with Gasteiger partial charge in [0.05, 0.1) is 12.7 Å². The van der Waals surface area contributed by atoms with Crippen LogP contribution in [-0.4, -0.2) is 25.4 Å². The Morgan fingerprint density at radius 3 is 2.54 bits per heavy atom. The summed E-state index contributed by atoms with van der Waals surface area (Å²) in [6, 6.07) is 10.4. The fourth-order valence-electron chi connectivity index (χ4n) is 2.10. The molecule has 0 saturated heterocycles. The summed E-state index contributed by atoms with van der Waals surface area (Å²) in [5.41, 5.74) is 2.10. The van der Waals surface area contributed by atoms with Crippen LogP contribution in [0.15, 0.2) is 40.9 Å². The van der Waals surface area contributed by atoms with Gasteiger partial charge in [-0.3, -0.25) is 9.59 Å². The number of ether oxygens (including phenoxy) is 2. The van der Waals surface area contributed by atoms with Crippen LogP contribution in [0, 0.1) is 6.92 Å². The molecule has 2 aromatic rings. The molecule has 2 aromatic carbocycles. The summed E-state index contributed by atoms with van der Waals surface area (Å²) in [6.45, 7) is 3.17. The van der Waals surface area contributed by atoms with E-state index < -0.39 is 0 Å². The highest BCUT2D eigenvalue weighted by Crippen LogP contribution is 2.25. The molecule has 5 nitrogen and oxygen atoms in total. The van der Waals surface area contributed by atoms with Crippen molar-refractivity contribution in [2.45, 2.75) is 13.8 Å². The summed E-state index contributed by atoms with van der Waals surface area (Å²) in [5, 5.41) is 2.76. The van der Waals surface area contributed by atoms with Crippen LogP contribution in [0.4, 0.5) is 5.69 Å². The van der Waals surface area contributed by atoms with Gasteiger partial charge in [0.15, 0.2) is 12.4 Å². The molecule has 6 heteroatoms. The monoisotopic (exact) mass is 391 g/mol. The van der Waals surface area contributed by atoms with Gasteiger partial charge in [-0.25, -0.2) is 0 Å². The first kappa shape index (κ1) is 18.0. The summed E-state index contributed by atoms with van der Waals surface area (Å²) >= 11 is 3.41. The van der Waals surface area contributed by atoms with E-state index in [1.807, 2.05) is 19.1 Å². The molecular formula is C18H18BrNO4. The van der Waals surface area contributed by atoms with Gasteiger partial charge in [0, 0.05) is 16.2 Å². The number of rotatable bonds is 6. The highest BCUT2D eigenvalue weighted by Gasteiger charge is 2.12. The fourth-order valence-corrected chi connectivity index (χ4v) is 2.35. The number of halogens is 1. The first-order valence-electron chi connectivity index (χ1n) is 7.28. The molecule has 0 bridgehead atoms. The number of carbonyl (C=O) groups is 2. The zero-order chi connectivity index (χ0) is 17.7. The number of hydrogen-bond acceptors (Lipinski definition) is 4. The van der Waals surface area contributed by atoms with E-state index in [0.29, 0.717) is 22.7 Å². The van der Waals surface area contributed by atoms with Crippen molar-refractivity contribution in [1.29, 1.82) is 0 Å². The van der Waals surface area contributed by atoms with Crippen molar-refractivity contribution in [3.8, 4) is 11.5 Å². The molecule has 0 radical (unpaired) electrons. The number of methoxy groups -OCH3 is 1. The summed E-state index contributed by atoms with van der Waals surface area (Å²) in [5.74, 6) is 0.425. The third-order valence-corrected chi connectivity index (χ3v) is 4.26. The van der Waals surface area contributed by atoms with Gasteiger partial charge >= 0.3 is 0 Å². The van der Waals surface area contributed by atoms with Gasteiger partial charge in [-0.15, -0.1) is 0 Å². The predicted molar refractivity (Wildman–Crippen MR) is 96.0 cm³/mol. The zero-order valence-electron chi connectivity index (χ0n) is 13.7. The van der Waals surface area contributed by atoms with Crippen LogP contribution in [0.5, 0.6) is 11.5 Å². The van der Waals surface area contributed by atoms with Crippen molar-refractivity contribution in [1.82, 2.24) is 0 Å². The molecule has 0 aromatic heterocycles. The molecule has 0 aliphatic heterocycles. The Morgan fingerprint density at radius 1 is 1.17 bits per heavy atom. The average molecular weight is 392 g/mol. The molecule has 2 rings (SSSR count). The highest BCUT2D eigenvalue weighted by atomic mass is 79.9. The molecule has 0 aliphatic rings. The molecule has 0 heterocycles. The van der Waals surface area contributed by atoms with Gasteiger partial charge in [0.2, 0.25) is 0 Å². The van der Waals surface area contributed by atoms with Crippen LogP contribution >= 0.6 is 15.9 Å². The topological polar surface area (TPSA) is 64.6 Å². The molecule has 24 heavy (non-hydrogen) atoms. The molecular weight excluding hydrogens is 374 g/mol. The van der Waals surface area contributed by atoms with E-state index in [9.17, 15) is 9.59 Å².